The molecule has 0 fully saturated rings. The number of halogens is 1. The van der Waals surface area contributed by atoms with E-state index in [9.17, 15) is 0 Å². The van der Waals surface area contributed by atoms with Crippen molar-refractivity contribution in [1.82, 2.24) is 4.98 Å². The third-order valence-electron chi connectivity index (χ3n) is 2.74. The van der Waals surface area contributed by atoms with Crippen molar-refractivity contribution in [3.05, 3.63) is 58.9 Å². The van der Waals surface area contributed by atoms with Crippen molar-refractivity contribution in [2.24, 2.45) is 5.73 Å². The Labute approximate surface area is 123 Å². The number of pyridine rings is 1. The van der Waals surface area contributed by atoms with Gasteiger partial charge in [0.05, 0.1) is 5.69 Å². The van der Waals surface area contributed by atoms with Gasteiger partial charge in [0.15, 0.2) is 0 Å². The van der Waals surface area contributed by atoms with E-state index in [-0.39, 0.29) is 0 Å². The molecule has 0 unspecified atom stereocenters. The van der Waals surface area contributed by atoms with Gasteiger partial charge < -0.3 is 10.6 Å². The van der Waals surface area contributed by atoms with Crippen LogP contribution in [-0.2, 0) is 6.54 Å². The summed E-state index contributed by atoms with van der Waals surface area (Å²) in [5.41, 5.74) is 8.36. The summed E-state index contributed by atoms with van der Waals surface area (Å²) < 4.78 is 0. The number of nitrogens with two attached hydrogens (primary N) is 1. The molecule has 0 amide bonds. The minimum Gasteiger partial charge on any atom is -0.388 e. The largest absolute Gasteiger partial charge is 0.388 e. The molecular formula is C14H14ClN3S. The lowest BCUT2D eigenvalue weighted by atomic mass is 10.2. The minimum absolute atomic E-state index is 0.300. The van der Waals surface area contributed by atoms with Crippen molar-refractivity contribution in [2.45, 2.75) is 6.54 Å². The molecule has 2 rings (SSSR count). The molecule has 2 aromatic rings. The lowest BCUT2D eigenvalue weighted by molar-refractivity contribution is 0.916. The first-order chi connectivity index (χ1) is 9.08. The summed E-state index contributed by atoms with van der Waals surface area (Å²) in [4.78, 5) is 6.57. The maximum Gasteiger partial charge on any atom is 0.124 e. The van der Waals surface area contributed by atoms with E-state index in [2.05, 4.69) is 4.98 Å². The van der Waals surface area contributed by atoms with Crippen molar-refractivity contribution < 1.29 is 0 Å². The van der Waals surface area contributed by atoms with Gasteiger partial charge in [-0.2, -0.15) is 0 Å². The molecule has 1 aromatic carbocycles. The van der Waals surface area contributed by atoms with E-state index >= 15 is 0 Å². The van der Waals surface area contributed by atoms with Gasteiger partial charge in [-0.25, -0.2) is 0 Å². The Hall–Kier alpha value is -1.65. The van der Waals surface area contributed by atoms with Crippen LogP contribution < -0.4 is 10.6 Å². The molecule has 0 radical (unpaired) electrons. The molecule has 0 aliphatic heterocycles. The highest BCUT2D eigenvalue weighted by Crippen LogP contribution is 2.20. The number of benzene rings is 1. The maximum absolute atomic E-state index is 5.98. The minimum atomic E-state index is 0.300. The number of anilines is 1. The summed E-state index contributed by atoms with van der Waals surface area (Å²) in [7, 11) is 1.97. The second kappa shape index (κ2) is 5.99. The third kappa shape index (κ3) is 3.43. The van der Waals surface area contributed by atoms with Crippen molar-refractivity contribution in [2.75, 3.05) is 11.9 Å². The Morgan fingerprint density at radius 2 is 2.16 bits per heavy atom. The molecule has 0 saturated heterocycles. The van der Waals surface area contributed by atoms with Gasteiger partial charge in [0.2, 0.25) is 0 Å². The molecule has 19 heavy (non-hydrogen) atoms. The van der Waals surface area contributed by atoms with E-state index in [0.717, 1.165) is 16.3 Å². The SMILES string of the molecule is CN(Cc1cccc(Cl)c1)c1cccnc1C(N)=S. The summed E-state index contributed by atoms with van der Waals surface area (Å²) in [6, 6.07) is 11.6. The van der Waals surface area contributed by atoms with Crippen molar-refractivity contribution in [1.29, 1.82) is 0 Å². The highest BCUT2D eigenvalue weighted by Gasteiger charge is 2.10. The summed E-state index contributed by atoms with van der Waals surface area (Å²) in [6.07, 6.45) is 1.69. The first-order valence-electron chi connectivity index (χ1n) is 5.78. The van der Waals surface area contributed by atoms with E-state index in [1.807, 2.05) is 48.3 Å². The van der Waals surface area contributed by atoms with E-state index < -0.39 is 0 Å². The Kier molecular flexibility index (Phi) is 4.35. The predicted molar refractivity (Wildman–Crippen MR) is 83.7 cm³/mol. The number of nitrogens with zero attached hydrogens (tertiary/aromatic N) is 2. The predicted octanol–water partition coefficient (Wildman–Crippen LogP) is 3.01. The molecule has 98 valence electrons. The van der Waals surface area contributed by atoms with Gasteiger partial charge in [-0.05, 0) is 29.8 Å². The normalized spacial score (nSPS) is 10.2. The summed E-state index contributed by atoms with van der Waals surface area (Å²) in [5.74, 6) is 0. The molecule has 2 N–H and O–H groups in total. The van der Waals surface area contributed by atoms with Crippen LogP contribution in [0, 0.1) is 0 Å². The van der Waals surface area contributed by atoms with Crippen LogP contribution >= 0.6 is 23.8 Å². The van der Waals surface area contributed by atoms with E-state index in [1.54, 1.807) is 6.20 Å². The average molecular weight is 292 g/mol. The van der Waals surface area contributed by atoms with Gasteiger partial charge in [0.1, 0.15) is 10.7 Å². The molecule has 0 bridgehead atoms. The third-order valence-corrected chi connectivity index (χ3v) is 3.17. The number of aromatic nitrogens is 1. The summed E-state index contributed by atoms with van der Waals surface area (Å²) in [5, 5.41) is 0.728. The fraction of sp³-hybridized carbons (Fsp3) is 0.143. The Morgan fingerprint density at radius 3 is 2.84 bits per heavy atom. The lowest BCUT2D eigenvalue weighted by Gasteiger charge is -2.21. The highest BCUT2D eigenvalue weighted by atomic mass is 35.5. The lowest BCUT2D eigenvalue weighted by Crippen LogP contribution is -2.22. The first-order valence-corrected chi connectivity index (χ1v) is 6.57. The van der Waals surface area contributed by atoms with Crippen molar-refractivity contribution in [3.8, 4) is 0 Å². The van der Waals surface area contributed by atoms with Gasteiger partial charge in [-0.1, -0.05) is 36.0 Å². The van der Waals surface area contributed by atoms with Crippen LogP contribution in [0.2, 0.25) is 5.02 Å². The average Bonchev–Trinajstić information content (AvgIpc) is 2.38. The molecule has 0 aliphatic carbocycles. The van der Waals surface area contributed by atoms with Crippen LogP contribution in [0.3, 0.4) is 0 Å². The molecule has 1 aromatic heterocycles. The highest BCUT2D eigenvalue weighted by molar-refractivity contribution is 7.80. The molecule has 1 heterocycles. The molecule has 0 spiro atoms. The van der Waals surface area contributed by atoms with E-state index in [4.69, 9.17) is 29.6 Å². The van der Waals surface area contributed by atoms with E-state index in [0.29, 0.717) is 17.2 Å². The van der Waals surface area contributed by atoms with Crippen LogP contribution in [0.15, 0.2) is 42.6 Å². The molecule has 3 nitrogen and oxygen atoms in total. The van der Waals surface area contributed by atoms with Crippen LogP contribution in [0.5, 0.6) is 0 Å². The second-order valence-electron chi connectivity index (χ2n) is 4.22. The molecule has 0 saturated carbocycles. The zero-order valence-electron chi connectivity index (χ0n) is 10.5. The fourth-order valence-electron chi connectivity index (χ4n) is 1.89. The molecule has 0 atom stereocenters. The Bertz CT molecular complexity index is 601. The molecule has 5 heteroatoms. The standard InChI is InChI=1S/C14H14ClN3S/c1-18(9-10-4-2-5-11(15)8-10)12-6-3-7-17-13(12)14(16)19/h2-8H,9H2,1H3,(H2,16,19). The Morgan fingerprint density at radius 1 is 1.37 bits per heavy atom. The van der Waals surface area contributed by atoms with Crippen molar-refractivity contribution >= 4 is 34.5 Å². The van der Waals surface area contributed by atoms with Gasteiger partial charge in [-0.3, -0.25) is 4.98 Å². The number of hydrogen-bond donors (Lipinski definition) is 1. The second-order valence-corrected chi connectivity index (χ2v) is 5.10. The molecule has 0 aliphatic rings. The summed E-state index contributed by atoms with van der Waals surface area (Å²) >= 11 is 11.0. The number of thiocarbonyl (C=S) groups is 1. The zero-order valence-corrected chi connectivity index (χ0v) is 12.1. The van der Waals surface area contributed by atoms with Gasteiger partial charge in [0.25, 0.3) is 0 Å². The molecular weight excluding hydrogens is 278 g/mol. The van der Waals surface area contributed by atoms with Crippen LogP contribution in [-0.4, -0.2) is 17.0 Å². The first kappa shape index (κ1) is 13.8. The van der Waals surface area contributed by atoms with Crippen LogP contribution in [0.25, 0.3) is 0 Å². The fourth-order valence-corrected chi connectivity index (χ4v) is 2.26. The zero-order chi connectivity index (χ0) is 13.8. The smallest absolute Gasteiger partial charge is 0.124 e. The van der Waals surface area contributed by atoms with Crippen molar-refractivity contribution in [3.63, 3.8) is 0 Å². The maximum atomic E-state index is 5.98. The number of rotatable bonds is 4. The van der Waals surface area contributed by atoms with Crippen LogP contribution in [0.1, 0.15) is 11.3 Å². The Balaban J connectivity index is 2.25. The van der Waals surface area contributed by atoms with Gasteiger partial charge >= 0.3 is 0 Å². The monoisotopic (exact) mass is 291 g/mol. The quantitative estimate of drug-likeness (QED) is 0.880. The topological polar surface area (TPSA) is 42.2 Å². The number of hydrogen-bond acceptors (Lipinski definition) is 3. The summed E-state index contributed by atoms with van der Waals surface area (Å²) in [6.45, 7) is 0.710. The van der Waals surface area contributed by atoms with Crippen LogP contribution in [0.4, 0.5) is 5.69 Å². The van der Waals surface area contributed by atoms with Gasteiger partial charge in [-0.15, -0.1) is 0 Å². The van der Waals surface area contributed by atoms with E-state index in [1.165, 1.54) is 0 Å². The van der Waals surface area contributed by atoms with Gasteiger partial charge in [0, 0.05) is 24.8 Å².